The average Bonchev–Trinajstić information content (AvgIpc) is 3.57. The Bertz CT molecular complexity index is 2860. The van der Waals surface area contributed by atoms with E-state index in [0.29, 0.717) is 0 Å². The van der Waals surface area contributed by atoms with E-state index in [-0.39, 0.29) is 0 Å². The third-order valence-corrected chi connectivity index (χ3v) is 10.4. The fourth-order valence-electron chi connectivity index (χ4n) is 7.98. The molecule has 0 bridgehead atoms. The van der Waals surface area contributed by atoms with Gasteiger partial charge < -0.3 is 9.47 Å². The van der Waals surface area contributed by atoms with Gasteiger partial charge in [0.15, 0.2) is 0 Å². The number of aromatic nitrogens is 1. The van der Waals surface area contributed by atoms with Gasteiger partial charge in [0.05, 0.1) is 16.7 Å². The highest BCUT2D eigenvalue weighted by atomic mass is 15.1. The van der Waals surface area contributed by atoms with Crippen LogP contribution in [0.4, 0.5) is 17.1 Å². The van der Waals surface area contributed by atoms with E-state index < -0.39 is 0 Å². The van der Waals surface area contributed by atoms with Crippen molar-refractivity contribution in [2.45, 2.75) is 0 Å². The summed E-state index contributed by atoms with van der Waals surface area (Å²) in [5.41, 5.74) is 11.8. The highest BCUT2D eigenvalue weighted by Crippen LogP contribution is 2.43. The summed E-state index contributed by atoms with van der Waals surface area (Å²) in [7, 11) is 0. The van der Waals surface area contributed by atoms with Crippen molar-refractivity contribution in [2.24, 2.45) is 0 Å². The standard InChI is InChI=1S/C50H34N2/c1-3-13-38(14-4-1)45-22-12-24-47-49(45)50-44-21-10-8-16-39(44)29-34-48(50)52(47)42-32-27-36(28-33-42)35-25-30-41(31-26-35)51(40-18-5-2-6-19-40)46-23-11-17-37-15-7-9-20-43(37)46/h1-34H. The number of hydrogen-bond donors (Lipinski definition) is 0. The zero-order valence-corrected chi connectivity index (χ0v) is 28.5. The fourth-order valence-corrected chi connectivity index (χ4v) is 7.98. The lowest BCUT2D eigenvalue weighted by atomic mass is 9.97. The van der Waals surface area contributed by atoms with E-state index in [0.717, 1.165) is 22.7 Å². The largest absolute Gasteiger partial charge is 0.310 e. The van der Waals surface area contributed by atoms with Gasteiger partial charge in [-0.05, 0) is 93.0 Å². The lowest BCUT2D eigenvalue weighted by Gasteiger charge is -2.27. The highest BCUT2D eigenvalue weighted by molar-refractivity contribution is 6.25. The van der Waals surface area contributed by atoms with Gasteiger partial charge in [0.1, 0.15) is 0 Å². The summed E-state index contributed by atoms with van der Waals surface area (Å²) in [5, 5.41) is 7.56. The van der Waals surface area contributed by atoms with Crippen LogP contribution >= 0.6 is 0 Å². The smallest absolute Gasteiger partial charge is 0.0547 e. The Labute approximate surface area is 303 Å². The molecule has 0 aliphatic heterocycles. The number of rotatable bonds is 6. The second-order valence-electron chi connectivity index (χ2n) is 13.3. The molecule has 10 aromatic rings. The van der Waals surface area contributed by atoms with Crippen LogP contribution in [-0.2, 0) is 0 Å². The Kier molecular flexibility index (Phi) is 7.18. The maximum absolute atomic E-state index is 2.43. The molecule has 0 spiro atoms. The van der Waals surface area contributed by atoms with Gasteiger partial charge in [0.25, 0.3) is 0 Å². The zero-order chi connectivity index (χ0) is 34.4. The number of nitrogens with zero attached hydrogens (tertiary/aromatic N) is 2. The highest BCUT2D eigenvalue weighted by Gasteiger charge is 2.19. The van der Waals surface area contributed by atoms with Gasteiger partial charge in [-0.2, -0.15) is 0 Å². The number of fused-ring (bicyclic) bond motifs is 6. The van der Waals surface area contributed by atoms with Crippen LogP contribution in [0, 0.1) is 0 Å². The zero-order valence-electron chi connectivity index (χ0n) is 28.5. The maximum atomic E-state index is 2.43. The van der Waals surface area contributed by atoms with Crippen LogP contribution in [0.5, 0.6) is 0 Å². The van der Waals surface area contributed by atoms with Crippen molar-refractivity contribution in [3.05, 3.63) is 206 Å². The first kappa shape index (κ1) is 30.0. The minimum absolute atomic E-state index is 1.12. The monoisotopic (exact) mass is 662 g/mol. The summed E-state index contributed by atoms with van der Waals surface area (Å²) in [5.74, 6) is 0. The Morgan fingerprint density at radius 3 is 1.63 bits per heavy atom. The maximum Gasteiger partial charge on any atom is 0.0547 e. The number of para-hydroxylation sites is 1. The first-order valence-electron chi connectivity index (χ1n) is 17.9. The molecule has 9 aromatic carbocycles. The Morgan fingerprint density at radius 1 is 0.327 bits per heavy atom. The van der Waals surface area contributed by atoms with Gasteiger partial charge in [-0.25, -0.2) is 0 Å². The van der Waals surface area contributed by atoms with E-state index >= 15 is 0 Å². The molecular formula is C50H34N2. The molecule has 0 amide bonds. The van der Waals surface area contributed by atoms with Crippen molar-refractivity contribution < 1.29 is 0 Å². The lowest BCUT2D eigenvalue weighted by Crippen LogP contribution is -2.10. The molecule has 2 heteroatoms. The van der Waals surface area contributed by atoms with Crippen molar-refractivity contribution in [2.75, 3.05) is 4.90 Å². The van der Waals surface area contributed by atoms with Crippen molar-refractivity contribution in [3.63, 3.8) is 0 Å². The van der Waals surface area contributed by atoms with Gasteiger partial charge in [-0.1, -0.05) is 152 Å². The van der Waals surface area contributed by atoms with Crippen LogP contribution < -0.4 is 4.90 Å². The minimum Gasteiger partial charge on any atom is -0.310 e. The molecule has 0 fully saturated rings. The van der Waals surface area contributed by atoms with Gasteiger partial charge in [0.2, 0.25) is 0 Å². The number of benzene rings is 9. The van der Waals surface area contributed by atoms with E-state index in [2.05, 4.69) is 216 Å². The molecule has 0 saturated heterocycles. The summed E-state index contributed by atoms with van der Waals surface area (Å²) in [6, 6.07) is 74.5. The van der Waals surface area contributed by atoms with Gasteiger partial charge >= 0.3 is 0 Å². The SMILES string of the molecule is c1ccc(-c2cccc3c2c2c4ccccc4ccc2n3-c2ccc(-c3ccc(N(c4ccccc4)c4cccc5ccccc45)cc3)cc2)cc1. The van der Waals surface area contributed by atoms with Crippen LogP contribution in [0.3, 0.4) is 0 Å². The van der Waals surface area contributed by atoms with Crippen molar-refractivity contribution in [1.29, 1.82) is 0 Å². The molecule has 52 heavy (non-hydrogen) atoms. The fraction of sp³-hybridized carbons (Fsp3) is 0. The van der Waals surface area contributed by atoms with Crippen LogP contribution in [0.2, 0.25) is 0 Å². The van der Waals surface area contributed by atoms with Crippen molar-refractivity contribution in [3.8, 4) is 27.9 Å². The van der Waals surface area contributed by atoms with Crippen molar-refractivity contribution >= 4 is 60.4 Å². The minimum atomic E-state index is 1.12. The molecule has 244 valence electrons. The Hall–Kier alpha value is -6.90. The molecule has 0 aliphatic carbocycles. The summed E-state index contributed by atoms with van der Waals surface area (Å²) in [4.78, 5) is 2.35. The van der Waals surface area contributed by atoms with Gasteiger partial charge in [0, 0.05) is 33.2 Å². The van der Waals surface area contributed by atoms with E-state index in [9.17, 15) is 0 Å². The Morgan fingerprint density at radius 2 is 0.885 bits per heavy atom. The predicted octanol–water partition coefficient (Wildman–Crippen LogP) is 13.9. The van der Waals surface area contributed by atoms with E-state index in [1.165, 1.54) is 65.6 Å². The van der Waals surface area contributed by atoms with Crippen LogP contribution in [0.1, 0.15) is 0 Å². The molecule has 0 unspecified atom stereocenters. The molecule has 0 aliphatic rings. The van der Waals surface area contributed by atoms with Gasteiger partial charge in [-0.3, -0.25) is 0 Å². The lowest BCUT2D eigenvalue weighted by molar-refractivity contribution is 1.18. The van der Waals surface area contributed by atoms with E-state index in [1.807, 2.05) is 0 Å². The normalized spacial score (nSPS) is 11.5. The summed E-state index contributed by atoms with van der Waals surface area (Å²) >= 11 is 0. The molecule has 10 rings (SSSR count). The number of hydrogen-bond acceptors (Lipinski definition) is 1. The van der Waals surface area contributed by atoms with Crippen LogP contribution in [0.25, 0.3) is 71.3 Å². The second-order valence-corrected chi connectivity index (χ2v) is 13.3. The molecule has 2 nitrogen and oxygen atoms in total. The van der Waals surface area contributed by atoms with E-state index in [1.54, 1.807) is 0 Å². The second kappa shape index (κ2) is 12.5. The van der Waals surface area contributed by atoms with Crippen molar-refractivity contribution in [1.82, 2.24) is 4.57 Å². The summed E-state index contributed by atoms with van der Waals surface area (Å²) < 4.78 is 2.43. The first-order valence-corrected chi connectivity index (χ1v) is 17.9. The third-order valence-electron chi connectivity index (χ3n) is 10.4. The molecule has 1 heterocycles. The third kappa shape index (κ3) is 4.96. The van der Waals surface area contributed by atoms with Crippen LogP contribution in [0.15, 0.2) is 206 Å². The predicted molar refractivity (Wildman–Crippen MR) is 221 cm³/mol. The molecule has 0 N–H and O–H groups in total. The van der Waals surface area contributed by atoms with E-state index in [4.69, 9.17) is 0 Å². The molecule has 1 aromatic heterocycles. The van der Waals surface area contributed by atoms with Gasteiger partial charge in [-0.15, -0.1) is 0 Å². The Balaban J connectivity index is 1.07. The van der Waals surface area contributed by atoms with Crippen LogP contribution in [-0.4, -0.2) is 4.57 Å². The average molecular weight is 663 g/mol. The molecular weight excluding hydrogens is 629 g/mol. The number of anilines is 3. The first-order chi connectivity index (χ1) is 25.8. The topological polar surface area (TPSA) is 8.17 Å². The summed E-state index contributed by atoms with van der Waals surface area (Å²) in [6.07, 6.45) is 0. The summed E-state index contributed by atoms with van der Waals surface area (Å²) in [6.45, 7) is 0. The molecule has 0 atom stereocenters. The molecule has 0 saturated carbocycles. The molecule has 0 radical (unpaired) electrons. The quantitative estimate of drug-likeness (QED) is 0.172.